The molecule has 2 rings (SSSR count). The van der Waals surface area contributed by atoms with E-state index < -0.39 is 12.1 Å². The van der Waals surface area contributed by atoms with Crippen molar-refractivity contribution < 1.29 is 14.3 Å². The van der Waals surface area contributed by atoms with E-state index >= 15 is 0 Å². The predicted molar refractivity (Wildman–Crippen MR) is 82.0 cm³/mol. The maximum absolute atomic E-state index is 12.2. The molecular formula is C15H16N2O3S. The zero-order chi connectivity index (χ0) is 15.4. The number of esters is 1. The van der Waals surface area contributed by atoms with Crippen molar-refractivity contribution in [1.82, 2.24) is 4.37 Å². The molecule has 0 radical (unpaired) electrons. The van der Waals surface area contributed by atoms with E-state index in [2.05, 4.69) is 9.69 Å². The molecular weight excluding hydrogens is 288 g/mol. The van der Waals surface area contributed by atoms with Crippen molar-refractivity contribution in [2.45, 2.75) is 20.0 Å². The van der Waals surface area contributed by atoms with Gasteiger partial charge in [-0.05, 0) is 25.4 Å². The fourth-order valence-corrected chi connectivity index (χ4v) is 2.62. The Hall–Kier alpha value is -2.21. The molecule has 0 fully saturated rings. The zero-order valence-corrected chi connectivity index (χ0v) is 12.9. The summed E-state index contributed by atoms with van der Waals surface area (Å²) >= 11 is 1.19. The van der Waals surface area contributed by atoms with Crippen molar-refractivity contribution in [3.63, 3.8) is 0 Å². The SMILES string of the molecule is CNc1snc(C)c1C(=O)O[C@@H](C)C(=O)c1ccccc1. The average molecular weight is 304 g/mol. The van der Waals surface area contributed by atoms with Gasteiger partial charge in [0.1, 0.15) is 10.6 Å². The molecule has 0 aliphatic heterocycles. The molecule has 0 saturated carbocycles. The van der Waals surface area contributed by atoms with Gasteiger partial charge in [-0.25, -0.2) is 4.79 Å². The molecule has 1 aromatic heterocycles. The van der Waals surface area contributed by atoms with Crippen LogP contribution in [0.15, 0.2) is 30.3 Å². The Labute approximate surface area is 127 Å². The van der Waals surface area contributed by atoms with Crippen molar-refractivity contribution in [3.05, 3.63) is 47.2 Å². The third kappa shape index (κ3) is 3.28. The lowest BCUT2D eigenvalue weighted by Crippen LogP contribution is -2.24. The topological polar surface area (TPSA) is 68.3 Å². The monoisotopic (exact) mass is 304 g/mol. The first-order valence-corrected chi connectivity index (χ1v) is 7.26. The molecule has 5 nitrogen and oxygen atoms in total. The lowest BCUT2D eigenvalue weighted by Gasteiger charge is -2.12. The number of anilines is 1. The maximum Gasteiger partial charge on any atom is 0.343 e. The summed E-state index contributed by atoms with van der Waals surface area (Å²) in [4.78, 5) is 24.4. The van der Waals surface area contributed by atoms with Crippen molar-refractivity contribution in [1.29, 1.82) is 0 Å². The van der Waals surface area contributed by atoms with Gasteiger partial charge in [-0.2, -0.15) is 4.37 Å². The lowest BCUT2D eigenvalue weighted by atomic mass is 10.1. The van der Waals surface area contributed by atoms with Crippen LogP contribution in [0.4, 0.5) is 5.00 Å². The van der Waals surface area contributed by atoms with Gasteiger partial charge in [0.05, 0.1) is 5.69 Å². The number of nitrogens with one attached hydrogen (secondary N) is 1. The molecule has 2 aromatic rings. The predicted octanol–water partition coefficient (Wildman–Crippen LogP) is 2.92. The third-order valence-electron chi connectivity index (χ3n) is 3.01. The van der Waals surface area contributed by atoms with Crippen LogP contribution in [0.5, 0.6) is 0 Å². The zero-order valence-electron chi connectivity index (χ0n) is 12.0. The number of hydrogen-bond donors (Lipinski definition) is 1. The Kier molecular flexibility index (Phi) is 4.70. The van der Waals surface area contributed by atoms with Crippen molar-refractivity contribution in [2.75, 3.05) is 12.4 Å². The molecule has 0 unspecified atom stereocenters. The largest absolute Gasteiger partial charge is 0.451 e. The highest BCUT2D eigenvalue weighted by atomic mass is 32.1. The lowest BCUT2D eigenvalue weighted by molar-refractivity contribution is 0.0319. The van der Waals surface area contributed by atoms with Crippen LogP contribution in [0.2, 0.25) is 0 Å². The molecule has 0 aliphatic rings. The number of ether oxygens (including phenoxy) is 1. The Morgan fingerprint density at radius 1 is 1.29 bits per heavy atom. The van der Waals surface area contributed by atoms with Gasteiger partial charge in [-0.1, -0.05) is 30.3 Å². The van der Waals surface area contributed by atoms with Gasteiger partial charge in [0.2, 0.25) is 5.78 Å². The van der Waals surface area contributed by atoms with Gasteiger partial charge in [0, 0.05) is 12.6 Å². The summed E-state index contributed by atoms with van der Waals surface area (Å²) < 4.78 is 9.38. The normalized spacial score (nSPS) is 11.8. The third-order valence-corrected chi connectivity index (χ3v) is 3.96. The smallest absolute Gasteiger partial charge is 0.343 e. The van der Waals surface area contributed by atoms with Crippen LogP contribution in [0.3, 0.4) is 0 Å². The first-order valence-electron chi connectivity index (χ1n) is 6.49. The Morgan fingerprint density at radius 2 is 1.95 bits per heavy atom. The molecule has 0 aliphatic carbocycles. The van der Waals surface area contributed by atoms with Crippen LogP contribution in [-0.2, 0) is 4.74 Å². The number of Topliss-reactive ketones (excluding diaryl/α,β-unsaturated/α-hetero) is 1. The molecule has 21 heavy (non-hydrogen) atoms. The highest BCUT2D eigenvalue weighted by Gasteiger charge is 2.24. The minimum atomic E-state index is -0.844. The number of hydrogen-bond acceptors (Lipinski definition) is 6. The van der Waals surface area contributed by atoms with Crippen LogP contribution in [-0.4, -0.2) is 29.3 Å². The number of aromatic nitrogens is 1. The highest BCUT2D eigenvalue weighted by Crippen LogP contribution is 2.25. The van der Waals surface area contributed by atoms with Gasteiger partial charge in [0.15, 0.2) is 6.10 Å². The summed E-state index contributed by atoms with van der Waals surface area (Å²) in [5.41, 5.74) is 1.50. The van der Waals surface area contributed by atoms with Gasteiger partial charge >= 0.3 is 5.97 Å². The molecule has 0 spiro atoms. The van der Waals surface area contributed by atoms with E-state index in [4.69, 9.17) is 4.74 Å². The van der Waals surface area contributed by atoms with Crippen LogP contribution in [0, 0.1) is 6.92 Å². The molecule has 0 amide bonds. The molecule has 1 atom stereocenters. The number of benzene rings is 1. The van der Waals surface area contributed by atoms with Crippen LogP contribution >= 0.6 is 11.5 Å². The summed E-state index contributed by atoms with van der Waals surface area (Å²) in [5.74, 6) is -0.766. The molecule has 0 bridgehead atoms. The van der Waals surface area contributed by atoms with E-state index in [1.807, 2.05) is 6.07 Å². The number of ketones is 1. The number of carbonyl (C=O) groups is 2. The van der Waals surface area contributed by atoms with Crippen molar-refractivity contribution in [2.24, 2.45) is 0 Å². The molecule has 1 N–H and O–H groups in total. The van der Waals surface area contributed by atoms with E-state index in [0.29, 0.717) is 21.8 Å². The molecule has 0 saturated heterocycles. The van der Waals surface area contributed by atoms with Crippen LogP contribution < -0.4 is 5.32 Å². The van der Waals surface area contributed by atoms with Crippen LogP contribution in [0.1, 0.15) is 33.3 Å². The minimum Gasteiger partial charge on any atom is -0.451 e. The van der Waals surface area contributed by atoms with Crippen molar-refractivity contribution >= 4 is 28.3 Å². The number of rotatable bonds is 5. The molecule has 1 heterocycles. The van der Waals surface area contributed by atoms with Gasteiger partial charge in [0.25, 0.3) is 0 Å². The number of carbonyl (C=O) groups excluding carboxylic acids is 2. The summed E-state index contributed by atoms with van der Waals surface area (Å²) in [6.07, 6.45) is -0.844. The molecule has 6 heteroatoms. The first kappa shape index (κ1) is 15.2. The Bertz CT molecular complexity index is 652. The second-order valence-electron chi connectivity index (χ2n) is 4.50. The average Bonchev–Trinajstić information content (AvgIpc) is 2.88. The maximum atomic E-state index is 12.2. The van der Waals surface area contributed by atoms with Gasteiger partial charge in [-0.15, -0.1) is 0 Å². The molecule has 110 valence electrons. The standard InChI is InChI=1S/C15H16N2O3S/c1-9-12(14(16-3)21-17-9)15(19)20-10(2)13(18)11-7-5-4-6-8-11/h4-8,10,16H,1-3H3/t10-/m0/s1. The summed E-state index contributed by atoms with van der Waals surface area (Å²) in [6.45, 7) is 3.30. The summed E-state index contributed by atoms with van der Waals surface area (Å²) in [6, 6.07) is 8.76. The quantitative estimate of drug-likeness (QED) is 0.679. The fraction of sp³-hybridized carbons (Fsp3) is 0.267. The second kappa shape index (κ2) is 6.49. The van der Waals surface area contributed by atoms with Gasteiger partial charge in [-0.3, -0.25) is 4.79 Å². The Morgan fingerprint density at radius 3 is 2.57 bits per heavy atom. The molecule has 1 aromatic carbocycles. The van der Waals surface area contributed by atoms with Gasteiger partial charge < -0.3 is 10.1 Å². The summed E-state index contributed by atoms with van der Waals surface area (Å²) in [7, 11) is 1.71. The van der Waals surface area contributed by atoms with E-state index in [-0.39, 0.29) is 5.78 Å². The second-order valence-corrected chi connectivity index (χ2v) is 5.27. The van der Waals surface area contributed by atoms with E-state index in [1.165, 1.54) is 11.5 Å². The van der Waals surface area contributed by atoms with E-state index in [1.54, 1.807) is 45.2 Å². The Balaban J connectivity index is 2.12. The minimum absolute atomic E-state index is 0.226. The number of aryl methyl sites for hydroxylation is 1. The van der Waals surface area contributed by atoms with E-state index in [0.717, 1.165) is 0 Å². The van der Waals surface area contributed by atoms with E-state index in [9.17, 15) is 9.59 Å². The highest BCUT2D eigenvalue weighted by molar-refractivity contribution is 7.10. The van der Waals surface area contributed by atoms with Crippen LogP contribution in [0.25, 0.3) is 0 Å². The van der Waals surface area contributed by atoms with Crippen molar-refractivity contribution in [3.8, 4) is 0 Å². The summed E-state index contributed by atoms with van der Waals surface area (Å²) in [5, 5.41) is 3.54. The fourth-order valence-electron chi connectivity index (χ4n) is 1.89. The number of nitrogens with zero attached hydrogens (tertiary/aromatic N) is 1. The first-order chi connectivity index (χ1) is 10.0.